The van der Waals surface area contributed by atoms with Crippen LogP contribution in [0.5, 0.6) is 5.75 Å². The number of fused-ring (bicyclic) bond motifs is 3. The van der Waals surface area contributed by atoms with Crippen molar-refractivity contribution in [1.82, 2.24) is 0 Å². The fourth-order valence-electron chi connectivity index (χ4n) is 3.88. The van der Waals surface area contributed by atoms with Gasteiger partial charge in [-0.25, -0.2) is 0 Å². The van der Waals surface area contributed by atoms with Crippen LogP contribution in [0.15, 0.2) is 53.6 Å². The van der Waals surface area contributed by atoms with Crippen LogP contribution < -0.4 is 9.75 Å². The highest BCUT2D eigenvalue weighted by molar-refractivity contribution is 6.01. The third kappa shape index (κ3) is 2.71. The molecule has 0 amide bonds. The quantitative estimate of drug-likeness (QED) is 0.694. The van der Waals surface area contributed by atoms with E-state index >= 15 is 0 Å². The predicted octanol–water partition coefficient (Wildman–Crippen LogP) is 5.52. The number of benzene rings is 2. The zero-order chi connectivity index (χ0) is 19.4. The third-order valence-corrected chi connectivity index (χ3v) is 5.30. The minimum Gasteiger partial charge on any atom is -0.497 e. The van der Waals surface area contributed by atoms with E-state index in [1.165, 1.54) is 5.01 Å². The lowest BCUT2D eigenvalue weighted by molar-refractivity contribution is -0.0641. The number of anilines is 1. The van der Waals surface area contributed by atoms with Crippen molar-refractivity contribution in [3.63, 3.8) is 0 Å². The largest absolute Gasteiger partial charge is 0.497 e. The lowest BCUT2D eigenvalue weighted by atomic mass is 9.70. The molecular weight excluding hydrogens is 353 g/mol. The molecule has 0 aromatic heterocycles. The van der Waals surface area contributed by atoms with Crippen molar-refractivity contribution in [2.75, 3.05) is 12.1 Å². The van der Waals surface area contributed by atoms with E-state index in [-0.39, 0.29) is 0 Å². The Hall–Kier alpha value is -2.76. The highest BCUT2D eigenvalue weighted by atomic mass is 19.4. The summed E-state index contributed by atoms with van der Waals surface area (Å²) in [4.78, 5) is 0. The van der Waals surface area contributed by atoms with E-state index in [9.17, 15) is 13.2 Å². The van der Waals surface area contributed by atoms with Gasteiger partial charge in [0.25, 0.3) is 0 Å². The Morgan fingerprint density at radius 3 is 2.44 bits per heavy atom. The first kappa shape index (κ1) is 17.6. The molecule has 3 nitrogen and oxygen atoms in total. The summed E-state index contributed by atoms with van der Waals surface area (Å²) in [5.41, 5.74) is 1.25. The van der Waals surface area contributed by atoms with Gasteiger partial charge in [-0.2, -0.15) is 18.3 Å². The fraction of sp³-hybridized carbons (Fsp3) is 0.286. The van der Waals surface area contributed by atoms with Gasteiger partial charge in [-0.1, -0.05) is 35.9 Å². The van der Waals surface area contributed by atoms with Crippen LogP contribution in [0.25, 0.3) is 6.08 Å². The van der Waals surface area contributed by atoms with Gasteiger partial charge in [0.05, 0.1) is 24.3 Å². The van der Waals surface area contributed by atoms with Crippen LogP contribution in [0.1, 0.15) is 29.7 Å². The van der Waals surface area contributed by atoms with Crippen molar-refractivity contribution < 1.29 is 17.9 Å². The van der Waals surface area contributed by atoms with E-state index in [2.05, 4.69) is 5.10 Å². The van der Waals surface area contributed by atoms with Crippen LogP contribution in [0.3, 0.4) is 0 Å². The van der Waals surface area contributed by atoms with Crippen molar-refractivity contribution in [3.05, 3.63) is 65.2 Å². The van der Waals surface area contributed by atoms with Crippen LogP contribution in [-0.2, 0) is 0 Å². The first-order valence-corrected chi connectivity index (χ1v) is 8.63. The SMILES string of the molecule is COc1ccc2c(c1)C=CC1(C)C(C(F)(F)F)=NN(c3ccc(C)cc3)C21. The molecule has 0 saturated heterocycles. The number of methoxy groups -OCH3 is 1. The van der Waals surface area contributed by atoms with E-state index < -0.39 is 23.3 Å². The zero-order valence-electron chi connectivity index (χ0n) is 15.2. The molecule has 2 aliphatic rings. The molecule has 6 heteroatoms. The molecule has 1 aliphatic heterocycles. The molecule has 2 aromatic rings. The van der Waals surface area contributed by atoms with Gasteiger partial charge in [0.2, 0.25) is 0 Å². The van der Waals surface area contributed by atoms with E-state index in [1.54, 1.807) is 44.4 Å². The molecule has 0 bridgehead atoms. The Morgan fingerprint density at radius 1 is 1.11 bits per heavy atom. The van der Waals surface area contributed by atoms with Crippen LogP contribution in [0.4, 0.5) is 18.9 Å². The average Bonchev–Trinajstić information content (AvgIpc) is 2.96. The maximum absolute atomic E-state index is 13.8. The maximum atomic E-state index is 13.8. The predicted molar refractivity (Wildman–Crippen MR) is 100 cm³/mol. The molecule has 2 atom stereocenters. The molecule has 2 unspecified atom stereocenters. The van der Waals surface area contributed by atoms with Gasteiger partial charge in [0.15, 0.2) is 5.71 Å². The number of ether oxygens (including phenoxy) is 1. The summed E-state index contributed by atoms with van der Waals surface area (Å²) in [7, 11) is 1.57. The molecule has 2 aromatic carbocycles. The van der Waals surface area contributed by atoms with Crippen molar-refractivity contribution in [3.8, 4) is 5.75 Å². The first-order chi connectivity index (χ1) is 12.7. The molecule has 1 aliphatic carbocycles. The van der Waals surface area contributed by atoms with Gasteiger partial charge < -0.3 is 4.74 Å². The summed E-state index contributed by atoms with van der Waals surface area (Å²) in [5.74, 6) is 0.666. The summed E-state index contributed by atoms with van der Waals surface area (Å²) in [6, 6.07) is 12.2. The maximum Gasteiger partial charge on any atom is 0.432 e. The molecular formula is C21H19F3N2O. The summed E-state index contributed by atoms with van der Waals surface area (Å²) in [6.07, 6.45) is -1.17. The highest BCUT2D eigenvalue weighted by Gasteiger charge is 2.58. The van der Waals surface area contributed by atoms with E-state index in [0.717, 1.165) is 16.7 Å². The molecule has 0 spiro atoms. The number of rotatable bonds is 2. The van der Waals surface area contributed by atoms with Gasteiger partial charge in [0, 0.05) is 0 Å². The third-order valence-electron chi connectivity index (χ3n) is 5.30. The fourth-order valence-corrected chi connectivity index (χ4v) is 3.88. The Kier molecular flexibility index (Phi) is 3.84. The van der Waals surface area contributed by atoms with Crippen LogP contribution in [0, 0.1) is 12.3 Å². The molecule has 0 N–H and O–H groups in total. The Morgan fingerprint density at radius 2 is 1.81 bits per heavy atom. The average molecular weight is 372 g/mol. The highest BCUT2D eigenvalue weighted by Crippen LogP contribution is 2.54. The van der Waals surface area contributed by atoms with E-state index in [0.29, 0.717) is 11.4 Å². The normalized spacial score (nSPS) is 23.7. The lowest BCUT2D eigenvalue weighted by Gasteiger charge is -2.38. The van der Waals surface area contributed by atoms with E-state index in [4.69, 9.17) is 4.74 Å². The molecule has 27 heavy (non-hydrogen) atoms. The first-order valence-electron chi connectivity index (χ1n) is 8.63. The second kappa shape index (κ2) is 5.87. The minimum atomic E-state index is -4.51. The van der Waals surface area contributed by atoms with Crippen molar-refractivity contribution >= 4 is 17.5 Å². The number of aryl methyl sites for hydroxylation is 1. The Balaban J connectivity index is 1.91. The van der Waals surface area contributed by atoms with Gasteiger partial charge in [-0.3, -0.25) is 5.01 Å². The molecule has 0 fully saturated rings. The summed E-state index contributed by atoms with van der Waals surface area (Å²) in [6.45, 7) is 3.54. The molecule has 140 valence electrons. The van der Waals surface area contributed by atoms with Gasteiger partial charge in [0.1, 0.15) is 5.75 Å². The standard InChI is InChI=1S/C21H19F3N2O/c1-13-4-6-15(7-5-13)26-18-17-9-8-16(27-3)12-14(17)10-11-20(18,2)19(25-26)21(22,23)24/h4-12,18H,1-3H3. The summed E-state index contributed by atoms with van der Waals surface area (Å²) in [5, 5.41) is 5.56. The number of halogens is 3. The van der Waals surface area contributed by atoms with Crippen molar-refractivity contribution in [1.29, 1.82) is 0 Å². The Labute approximate surface area is 155 Å². The number of hydrazone groups is 1. The van der Waals surface area contributed by atoms with E-state index in [1.807, 2.05) is 31.2 Å². The van der Waals surface area contributed by atoms with Crippen molar-refractivity contribution in [2.45, 2.75) is 26.1 Å². The minimum absolute atomic E-state index is 0.581. The topological polar surface area (TPSA) is 24.8 Å². The number of hydrogen-bond acceptors (Lipinski definition) is 3. The number of alkyl halides is 3. The van der Waals surface area contributed by atoms with Gasteiger partial charge >= 0.3 is 6.18 Å². The lowest BCUT2D eigenvalue weighted by Crippen LogP contribution is -2.41. The smallest absolute Gasteiger partial charge is 0.432 e. The second-order valence-electron chi connectivity index (χ2n) is 7.14. The van der Waals surface area contributed by atoms with Crippen LogP contribution >= 0.6 is 0 Å². The Bertz CT molecular complexity index is 947. The molecule has 0 radical (unpaired) electrons. The van der Waals surface area contributed by atoms with Gasteiger partial charge in [-0.05, 0) is 49.2 Å². The van der Waals surface area contributed by atoms with Crippen molar-refractivity contribution in [2.24, 2.45) is 10.5 Å². The zero-order valence-corrected chi connectivity index (χ0v) is 15.2. The molecule has 0 saturated carbocycles. The molecule has 4 rings (SSSR count). The summed E-state index contributed by atoms with van der Waals surface area (Å²) < 4.78 is 46.7. The number of nitrogens with zero attached hydrogens (tertiary/aromatic N) is 2. The molecule has 1 heterocycles. The monoisotopic (exact) mass is 372 g/mol. The van der Waals surface area contributed by atoms with Gasteiger partial charge in [-0.15, -0.1) is 0 Å². The van der Waals surface area contributed by atoms with Crippen LogP contribution in [0.2, 0.25) is 0 Å². The van der Waals surface area contributed by atoms with Crippen LogP contribution in [-0.4, -0.2) is 19.0 Å². The second-order valence-corrected chi connectivity index (χ2v) is 7.14. The summed E-state index contributed by atoms with van der Waals surface area (Å²) >= 11 is 0. The number of hydrogen-bond donors (Lipinski definition) is 0.